The second-order valence-electron chi connectivity index (χ2n) is 5.73. The number of hydrogen-bond acceptors (Lipinski definition) is 4. The molecule has 1 amide bonds. The number of carbonyl (C=O) groups is 1. The molecule has 0 radical (unpaired) electrons. The Balaban J connectivity index is 2.44. The summed E-state index contributed by atoms with van der Waals surface area (Å²) >= 11 is 0. The van der Waals surface area contributed by atoms with E-state index in [1.807, 2.05) is 6.92 Å². The summed E-state index contributed by atoms with van der Waals surface area (Å²) in [5.74, 6) is 0.399. The van der Waals surface area contributed by atoms with Crippen LogP contribution in [0.2, 0.25) is 0 Å². The van der Waals surface area contributed by atoms with Gasteiger partial charge in [0.1, 0.15) is 0 Å². The minimum absolute atomic E-state index is 0.00751. The maximum atomic E-state index is 11.7. The molecule has 1 rings (SSSR count). The van der Waals surface area contributed by atoms with Crippen molar-refractivity contribution >= 4 is 13.7 Å². The van der Waals surface area contributed by atoms with Crippen LogP contribution in [0.3, 0.4) is 0 Å². The fraction of sp³-hybridized carbons (Fsp3) is 0.929. The molecule has 0 bridgehead atoms. The molecule has 6 nitrogen and oxygen atoms in total. The van der Waals surface area contributed by atoms with Gasteiger partial charge in [0.05, 0.1) is 19.3 Å². The van der Waals surface area contributed by atoms with E-state index in [0.29, 0.717) is 12.3 Å². The molecule has 2 N–H and O–H groups in total. The van der Waals surface area contributed by atoms with Gasteiger partial charge in [-0.1, -0.05) is 39.0 Å². The van der Waals surface area contributed by atoms with Gasteiger partial charge in [-0.05, 0) is 18.8 Å². The molecule has 1 saturated carbocycles. The highest BCUT2D eigenvalue weighted by Crippen LogP contribution is 2.43. The first-order valence-corrected chi connectivity index (χ1v) is 9.31. The van der Waals surface area contributed by atoms with Gasteiger partial charge in [-0.25, -0.2) is 4.57 Å². The van der Waals surface area contributed by atoms with Crippen molar-refractivity contribution in [1.29, 1.82) is 0 Å². The highest BCUT2D eigenvalue weighted by Gasteiger charge is 2.25. The topological polar surface area (TPSA) is 84.9 Å². The van der Waals surface area contributed by atoms with Gasteiger partial charge in [0.15, 0.2) is 0 Å². The average Bonchev–Trinajstić information content (AvgIpc) is 2.43. The van der Waals surface area contributed by atoms with Crippen molar-refractivity contribution in [2.75, 3.05) is 13.2 Å². The highest BCUT2D eigenvalue weighted by atomic mass is 31.2. The predicted molar refractivity (Wildman–Crippen MR) is 80.8 cm³/mol. The van der Waals surface area contributed by atoms with Gasteiger partial charge in [-0.2, -0.15) is 0 Å². The first kappa shape index (κ1) is 18.6. The molecule has 124 valence electrons. The van der Waals surface area contributed by atoms with E-state index >= 15 is 0 Å². The molecule has 21 heavy (non-hydrogen) atoms. The summed E-state index contributed by atoms with van der Waals surface area (Å²) in [5.41, 5.74) is 0. The maximum Gasteiger partial charge on any atom is 0.472 e. The van der Waals surface area contributed by atoms with Gasteiger partial charge in [0.2, 0.25) is 5.91 Å². The van der Waals surface area contributed by atoms with Crippen LogP contribution in [0.15, 0.2) is 0 Å². The molecular formula is C14H28NO5P. The molecule has 0 aliphatic heterocycles. The van der Waals surface area contributed by atoms with Crippen molar-refractivity contribution in [2.45, 2.75) is 64.8 Å². The molecule has 2 unspecified atom stereocenters. The number of amides is 1. The van der Waals surface area contributed by atoms with Crippen molar-refractivity contribution in [3.8, 4) is 0 Å². The molecule has 7 heteroatoms. The third kappa shape index (κ3) is 8.57. The second-order valence-corrected chi connectivity index (χ2v) is 7.19. The molecule has 2 atom stereocenters. The molecule has 0 aromatic rings. The van der Waals surface area contributed by atoms with E-state index in [9.17, 15) is 14.3 Å². The molecule has 1 aliphatic rings. The predicted octanol–water partition coefficient (Wildman–Crippen LogP) is 3.01. The van der Waals surface area contributed by atoms with Gasteiger partial charge in [0, 0.05) is 6.92 Å². The Labute approximate surface area is 127 Å². The van der Waals surface area contributed by atoms with Crippen molar-refractivity contribution in [1.82, 2.24) is 5.32 Å². The number of nitrogens with one attached hydrogen (secondary N) is 1. The zero-order valence-electron chi connectivity index (χ0n) is 13.0. The van der Waals surface area contributed by atoms with Crippen LogP contribution in [0.1, 0.15) is 58.8 Å². The van der Waals surface area contributed by atoms with Gasteiger partial charge < -0.3 is 10.2 Å². The molecule has 0 aromatic heterocycles. The van der Waals surface area contributed by atoms with Crippen LogP contribution in [-0.4, -0.2) is 30.1 Å². The van der Waals surface area contributed by atoms with Gasteiger partial charge in [-0.15, -0.1) is 0 Å². The standard InChI is InChI=1S/C14H28NO5P/c1-3-9-19-21(17,18)20-11-14(15-12(2)16)10-13-7-5-4-6-8-13/h13-14H,3-11H2,1-2H3,(H,15,16)(H,17,18). The Hall–Kier alpha value is -0.420. The highest BCUT2D eigenvalue weighted by molar-refractivity contribution is 7.47. The summed E-state index contributed by atoms with van der Waals surface area (Å²) in [6.45, 7) is 3.48. The normalized spacial score (nSPS) is 20.7. The number of phosphoric acid groups is 1. The Morgan fingerprint density at radius 2 is 2.00 bits per heavy atom. The van der Waals surface area contributed by atoms with E-state index in [-0.39, 0.29) is 25.2 Å². The number of rotatable bonds is 9. The monoisotopic (exact) mass is 321 g/mol. The number of phosphoric ester groups is 1. The van der Waals surface area contributed by atoms with Crippen LogP contribution in [0.5, 0.6) is 0 Å². The van der Waals surface area contributed by atoms with E-state index in [4.69, 9.17) is 9.05 Å². The van der Waals surface area contributed by atoms with Gasteiger partial charge in [0.25, 0.3) is 0 Å². The minimum atomic E-state index is -4.01. The maximum absolute atomic E-state index is 11.7. The average molecular weight is 321 g/mol. The van der Waals surface area contributed by atoms with Gasteiger partial charge in [-0.3, -0.25) is 13.8 Å². The fourth-order valence-electron chi connectivity index (χ4n) is 2.71. The van der Waals surface area contributed by atoms with Gasteiger partial charge >= 0.3 is 7.82 Å². The van der Waals surface area contributed by atoms with Crippen molar-refractivity contribution in [3.63, 3.8) is 0 Å². The lowest BCUT2D eigenvalue weighted by Crippen LogP contribution is -2.38. The second kappa shape index (κ2) is 9.57. The number of hydrogen-bond donors (Lipinski definition) is 2. The van der Waals surface area contributed by atoms with Crippen LogP contribution >= 0.6 is 7.82 Å². The molecule has 0 saturated heterocycles. The fourth-order valence-corrected chi connectivity index (χ4v) is 3.57. The zero-order chi connectivity index (χ0) is 15.7. The zero-order valence-corrected chi connectivity index (χ0v) is 13.9. The summed E-state index contributed by atoms with van der Waals surface area (Å²) in [7, 11) is -4.01. The Kier molecular flexibility index (Phi) is 8.49. The molecule has 1 aliphatic carbocycles. The van der Waals surface area contributed by atoms with E-state index in [1.165, 1.54) is 26.2 Å². The van der Waals surface area contributed by atoms with Crippen LogP contribution < -0.4 is 5.32 Å². The quantitative estimate of drug-likeness (QED) is 0.638. The molecule has 0 aromatic carbocycles. The summed E-state index contributed by atoms with van der Waals surface area (Å²) in [6.07, 6.45) is 7.44. The van der Waals surface area contributed by atoms with Crippen molar-refractivity contribution < 1.29 is 23.3 Å². The Morgan fingerprint density at radius 1 is 1.33 bits per heavy atom. The largest absolute Gasteiger partial charge is 0.472 e. The lowest BCUT2D eigenvalue weighted by molar-refractivity contribution is -0.120. The van der Waals surface area contributed by atoms with Crippen molar-refractivity contribution in [3.05, 3.63) is 0 Å². The SMILES string of the molecule is CCCOP(=O)(O)OCC(CC1CCCCC1)NC(C)=O. The lowest BCUT2D eigenvalue weighted by Gasteiger charge is -2.27. The molecular weight excluding hydrogens is 293 g/mol. The first-order valence-electron chi connectivity index (χ1n) is 7.82. The Bertz CT molecular complexity index is 357. The summed E-state index contributed by atoms with van der Waals surface area (Å²) in [4.78, 5) is 20.8. The van der Waals surface area contributed by atoms with Crippen LogP contribution in [0.4, 0.5) is 0 Å². The minimum Gasteiger partial charge on any atom is -0.351 e. The number of carbonyl (C=O) groups excluding carboxylic acids is 1. The van der Waals surface area contributed by atoms with E-state index in [1.54, 1.807) is 0 Å². The van der Waals surface area contributed by atoms with Crippen LogP contribution in [0, 0.1) is 5.92 Å². The van der Waals surface area contributed by atoms with E-state index in [0.717, 1.165) is 19.3 Å². The summed E-state index contributed by atoms with van der Waals surface area (Å²) in [5, 5.41) is 2.80. The molecule has 0 spiro atoms. The van der Waals surface area contributed by atoms with E-state index < -0.39 is 7.82 Å². The molecule has 1 fully saturated rings. The van der Waals surface area contributed by atoms with Crippen LogP contribution in [0.25, 0.3) is 0 Å². The Morgan fingerprint density at radius 3 is 2.57 bits per heavy atom. The summed E-state index contributed by atoms with van der Waals surface area (Å²) in [6, 6.07) is -0.240. The van der Waals surface area contributed by atoms with Crippen LogP contribution in [-0.2, 0) is 18.4 Å². The lowest BCUT2D eigenvalue weighted by atomic mass is 9.85. The molecule has 0 heterocycles. The first-order chi connectivity index (χ1) is 9.93. The summed E-state index contributed by atoms with van der Waals surface area (Å²) < 4.78 is 21.5. The third-order valence-electron chi connectivity index (χ3n) is 3.65. The smallest absolute Gasteiger partial charge is 0.351 e. The third-order valence-corrected chi connectivity index (χ3v) is 4.63. The van der Waals surface area contributed by atoms with E-state index in [2.05, 4.69) is 5.32 Å². The van der Waals surface area contributed by atoms with Crippen molar-refractivity contribution in [2.24, 2.45) is 5.92 Å².